The van der Waals surface area contributed by atoms with E-state index in [0.29, 0.717) is 0 Å². The van der Waals surface area contributed by atoms with Crippen LogP contribution in [0.5, 0.6) is 0 Å². The van der Waals surface area contributed by atoms with Gasteiger partial charge in [0.05, 0.1) is 6.04 Å². The lowest BCUT2D eigenvalue weighted by atomic mass is 10.2. The summed E-state index contributed by atoms with van der Waals surface area (Å²) in [5.41, 5.74) is 0.747. The average molecular weight is 131 g/mol. The number of allylic oxidation sites excluding steroid dienone is 1. The topological polar surface area (TPSA) is 12.0 Å². The highest BCUT2D eigenvalue weighted by Crippen LogP contribution is 2.08. The summed E-state index contributed by atoms with van der Waals surface area (Å²) in [6, 6.07) is -0.144. The Labute approximate surface area is 56.0 Å². The fourth-order valence-electron chi connectivity index (χ4n) is 0.560. The summed E-state index contributed by atoms with van der Waals surface area (Å²) in [6.07, 6.45) is 0. The molecule has 0 bridgehead atoms. The second kappa shape index (κ2) is 3.62. The summed E-state index contributed by atoms with van der Waals surface area (Å²) in [5, 5.41) is 2.81. The molecule has 1 nitrogen and oxygen atoms in total. The number of hydrogen-bond donors (Lipinski definition) is 1. The molecular weight excluding hydrogens is 117 g/mol. The maximum atomic E-state index is 12.7. The van der Waals surface area contributed by atoms with E-state index in [4.69, 9.17) is 0 Å². The first-order chi connectivity index (χ1) is 4.09. The molecule has 1 atom stereocenters. The highest BCUT2D eigenvalue weighted by molar-refractivity contribution is 5.07. The van der Waals surface area contributed by atoms with Crippen LogP contribution in [-0.4, -0.2) is 13.1 Å². The van der Waals surface area contributed by atoms with Gasteiger partial charge in [0, 0.05) is 0 Å². The molecule has 0 amide bonds. The molecule has 0 aromatic heterocycles. The predicted molar refractivity (Wildman–Crippen MR) is 38.0 cm³/mol. The Hall–Kier alpha value is -0.370. The lowest BCUT2D eigenvalue weighted by Gasteiger charge is -2.07. The second-order valence-corrected chi connectivity index (χ2v) is 2.36. The van der Waals surface area contributed by atoms with Crippen LogP contribution in [0.1, 0.15) is 20.8 Å². The lowest BCUT2D eigenvalue weighted by Crippen LogP contribution is -2.22. The van der Waals surface area contributed by atoms with E-state index in [1.54, 1.807) is 27.8 Å². The molecule has 0 unspecified atom stereocenters. The maximum absolute atomic E-state index is 12.7. The van der Waals surface area contributed by atoms with Crippen molar-refractivity contribution < 1.29 is 4.39 Å². The smallest absolute Gasteiger partial charge is 0.115 e. The Morgan fingerprint density at radius 2 is 1.89 bits per heavy atom. The van der Waals surface area contributed by atoms with Gasteiger partial charge in [0.15, 0.2) is 0 Å². The molecule has 0 aliphatic rings. The van der Waals surface area contributed by atoms with E-state index in [1.807, 2.05) is 0 Å². The van der Waals surface area contributed by atoms with E-state index in [-0.39, 0.29) is 11.9 Å². The van der Waals surface area contributed by atoms with E-state index < -0.39 is 0 Å². The van der Waals surface area contributed by atoms with Crippen LogP contribution in [-0.2, 0) is 0 Å². The van der Waals surface area contributed by atoms with Gasteiger partial charge >= 0.3 is 0 Å². The highest BCUT2D eigenvalue weighted by atomic mass is 19.1. The van der Waals surface area contributed by atoms with E-state index in [9.17, 15) is 4.39 Å². The molecule has 0 saturated carbocycles. The molecule has 0 aromatic carbocycles. The van der Waals surface area contributed by atoms with Gasteiger partial charge in [-0.05, 0) is 33.4 Å². The quantitative estimate of drug-likeness (QED) is 0.603. The third kappa shape index (κ3) is 2.61. The van der Waals surface area contributed by atoms with Crippen LogP contribution in [0.25, 0.3) is 0 Å². The Morgan fingerprint density at radius 1 is 1.44 bits per heavy atom. The summed E-state index contributed by atoms with van der Waals surface area (Å²) in [4.78, 5) is 0. The third-order valence-electron chi connectivity index (χ3n) is 1.29. The molecule has 0 rings (SSSR count). The monoisotopic (exact) mass is 131 g/mol. The SMILES string of the molecule is CN[C@@H](C)C(F)=C(C)C. The standard InChI is InChI=1S/C7H14FN/c1-5(2)7(8)6(3)9-4/h6,9H,1-4H3/t6-/m0/s1. The first kappa shape index (κ1) is 8.63. The van der Waals surface area contributed by atoms with Gasteiger partial charge < -0.3 is 5.32 Å². The van der Waals surface area contributed by atoms with Crippen LogP contribution >= 0.6 is 0 Å². The van der Waals surface area contributed by atoms with Gasteiger partial charge in [-0.25, -0.2) is 4.39 Å². The molecule has 2 heteroatoms. The van der Waals surface area contributed by atoms with Gasteiger partial charge in [-0.15, -0.1) is 0 Å². The first-order valence-electron chi connectivity index (χ1n) is 3.09. The first-order valence-corrected chi connectivity index (χ1v) is 3.09. The summed E-state index contributed by atoms with van der Waals surface area (Å²) in [6.45, 7) is 5.33. The molecular formula is C7H14FN. The normalized spacial score (nSPS) is 13.0. The van der Waals surface area contributed by atoms with Crippen molar-refractivity contribution >= 4 is 0 Å². The Balaban J connectivity index is 4.02. The minimum absolute atomic E-state index is 0.0579. The van der Waals surface area contributed by atoms with E-state index in [2.05, 4.69) is 5.32 Å². The fourth-order valence-corrected chi connectivity index (χ4v) is 0.560. The van der Waals surface area contributed by atoms with Crippen molar-refractivity contribution in [2.24, 2.45) is 0 Å². The molecule has 0 radical (unpaired) electrons. The van der Waals surface area contributed by atoms with Crippen molar-refractivity contribution in [3.8, 4) is 0 Å². The van der Waals surface area contributed by atoms with Gasteiger partial charge in [0.2, 0.25) is 0 Å². The Bertz CT molecular complexity index is 114. The Kier molecular flexibility index (Phi) is 3.47. The summed E-state index contributed by atoms with van der Waals surface area (Å²) >= 11 is 0. The molecule has 0 aromatic rings. The molecule has 9 heavy (non-hydrogen) atoms. The third-order valence-corrected chi connectivity index (χ3v) is 1.29. The second-order valence-electron chi connectivity index (χ2n) is 2.36. The molecule has 0 spiro atoms. The summed E-state index contributed by atoms with van der Waals surface area (Å²) in [5.74, 6) is -0.0579. The number of likely N-dealkylation sites (N-methyl/N-ethyl adjacent to an activating group) is 1. The molecule has 0 aliphatic heterocycles. The molecule has 54 valence electrons. The van der Waals surface area contributed by atoms with Crippen molar-refractivity contribution in [3.05, 3.63) is 11.4 Å². The van der Waals surface area contributed by atoms with Crippen LogP contribution in [0.3, 0.4) is 0 Å². The average Bonchev–Trinajstić information content (AvgIpc) is 1.84. The van der Waals surface area contributed by atoms with Crippen LogP contribution in [0.2, 0.25) is 0 Å². The zero-order chi connectivity index (χ0) is 7.44. The van der Waals surface area contributed by atoms with Crippen LogP contribution < -0.4 is 5.32 Å². The number of rotatable bonds is 2. The van der Waals surface area contributed by atoms with E-state index in [1.165, 1.54) is 0 Å². The number of nitrogens with one attached hydrogen (secondary N) is 1. The highest BCUT2D eigenvalue weighted by Gasteiger charge is 2.04. The van der Waals surface area contributed by atoms with Crippen LogP contribution in [0.4, 0.5) is 4.39 Å². The minimum Gasteiger partial charge on any atom is -0.311 e. The zero-order valence-electron chi connectivity index (χ0n) is 6.46. The number of halogens is 1. The summed E-state index contributed by atoms with van der Waals surface area (Å²) < 4.78 is 12.7. The Morgan fingerprint density at radius 3 is 2.00 bits per heavy atom. The molecule has 0 fully saturated rings. The predicted octanol–water partition coefficient (Wildman–Crippen LogP) is 1.86. The van der Waals surface area contributed by atoms with Gasteiger partial charge in [-0.3, -0.25) is 0 Å². The van der Waals surface area contributed by atoms with Crippen molar-refractivity contribution in [1.29, 1.82) is 0 Å². The molecule has 0 aliphatic carbocycles. The van der Waals surface area contributed by atoms with E-state index >= 15 is 0 Å². The molecule has 0 heterocycles. The van der Waals surface area contributed by atoms with Crippen molar-refractivity contribution in [2.75, 3.05) is 7.05 Å². The van der Waals surface area contributed by atoms with Gasteiger partial charge in [0.1, 0.15) is 5.83 Å². The van der Waals surface area contributed by atoms with Crippen molar-refractivity contribution in [1.82, 2.24) is 5.32 Å². The van der Waals surface area contributed by atoms with E-state index in [0.717, 1.165) is 5.57 Å². The van der Waals surface area contributed by atoms with Crippen LogP contribution in [0, 0.1) is 0 Å². The van der Waals surface area contributed by atoms with Crippen molar-refractivity contribution in [3.63, 3.8) is 0 Å². The lowest BCUT2D eigenvalue weighted by molar-refractivity contribution is 0.506. The van der Waals surface area contributed by atoms with Gasteiger partial charge in [-0.1, -0.05) is 0 Å². The zero-order valence-corrected chi connectivity index (χ0v) is 6.46. The largest absolute Gasteiger partial charge is 0.311 e. The summed E-state index contributed by atoms with van der Waals surface area (Å²) in [7, 11) is 1.74. The van der Waals surface area contributed by atoms with Gasteiger partial charge in [0.25, 0.3) is 0 Å². The van der Waals surface area contributed by atoms with Gasteiger partial charge in [-0.2, -0.15) is 0 Å². The minimum atomic E-state index is -0.144. The molecule has 0 saturated heterocycles. The fraction of sp³-hybridized carbons (Fsp3) is 0.714. The molecule has 1 N–H and O–H groups in total. The maximum Gasteiger partial charge on any atom is 0.115 e. The van der Waals surface area contributed by atoms with Crippen LogP contribution in [0.15, 0.2) is 11.4 Å². The number of hydrogen-bond acceptors (Lipinski definition) is 1. The van der Waals surface area contributed by atoms with Crippen molar-refractivity contribution in [2.45, 2.75) is 26.8 Å².